The summed E-state index contributed by atoms with van der Waals surface area (Å²) in [6.45, 7) is 4.71. The van der Waals surface area contributed by atoms with Gasteiger partial charge in [-0.1, -0.05) is 0 Å². The van der Waals surface area contributed by atoms with Crippen LogP contribution in [0, 0.1) is 0 Å². The van der Waals surface area contributed by atoms with Gasteiger partial charge in [-0.2, -0.15) is 0 Å². The van der Waals surface area contributed by atoms with Crippen molar-refractivity contribution in [3.8, 4) is 11.5 Å². The van der Waals surface area contributed by atoms with Crippen molar-refractivity contribution in [2.45, 2.75) is 13.8 Å². The second kappa shape index (κ2) is 6.75. The fourth-order valence-corrected chi connectivity index (χ4v) is 1.42. The Bertz CT molecular complexity index is 379. The fourth-order valence-electron chi connectivity index (χ4n) is 1.42. The summed E-state index contributed by atoms with van der Waals surface area (Å²) in [7, 11) is 0. The number of benzene rings is 1. The number of carbonyl (C=O) groups excluding carboxylic acids is 1. The number of carbonyl (C=O) groups is 1. The molecule has 0 atom stereocenters. The summed E-state index contributed by atoms with van der Waals surface area (Å²) in [6, 6.07) is 5.33. The summed E-state index contributed by atoms with van der Waals surface area (Å²) >= 11 is 0. The first-order valence-electron chi connectivity index (χ1n) is 5.60. The molecule has 0 unspecified atom stereocenters. The van der Waals surface area contributed by atoms with Crippen molar-refractivity contribution < 1.29 is 24.7 Å². The van der Waals surface area contributed by atoms with Crippen LogP contribution in [0.2, 0.25) is 0 Å². The van der Waals surface area contributed by atoms with Crippen molar-refractivity contribution in [1.82, 2.24) is 0 Å². The fraction of sp³-hybridized carbons (Fsp3) is 0.417. The summed E-state index contributed by atoms with van der Waals surface area (Å²) in [5, 5.41) is 12.0. The molecule has 1 aromatic rings. The van der Waals surface area contributed by atoms with Crippen molar-refractivity contribution in [1.29, 1.82) is 0 Å². The molecule has 0 radical (unpaired) electrons. The van der Waals surface area contributed by atoms with E-state index in [1.54, 1.807) is 23.5 Å². The van der Waals surface area contributed by atoms with Gasteiger partial charge in [-0.05, 0) is 26.0 Å². The van der Waals surface area contributed by atoms with E-state index < -0.39 is 5.97 Å². The van der Waals surface area contributed by atoms with Gasteiger partial charge in [0.25, 0.3) is 0 Å². The van der Waals surface area contributed by atoms with Crippen molar-refractivity contribution in [3.05, 3.63) is 18.2 Å². The summed E-state index contributed by atoms with van der Waals surface area (Å²) in [4.78, 5) is 10.4. The molecule has 0 spiro atoms. The van der Waals surface area contributed by atoms with Crippen molar-refractivity contribution in [2.24, 2.45) is 0 Å². The van der Waals surface area contributed by atoms with E-state index in [2.05, 4.69) is 0 Å². The van der Waals surface area contributed by atoms with E-state index >= 15 is 0 Å². The molecular formula is C12H17NO4. The highest BCUT2D eigenvalue weighted by Crippen LogP contribution is 2.25. The van der Waals surface area contributed by atoms with E-state index in [-0.39, 0.29) is 6.54 Å². The van der Waals surface area contributed by atoms with E-state index in [9.17, 15) is 9.90 Å². The number of hydrogen-bond acceptors (Lipinski definition) is 4. The minimum absolute atomic E-state index is 0.143. The van der Waals surface area contributed by atoms with Gasteiger partial charge in [0.1, 0.15) is 12.3 Å². The topological polar surface area (TPSA) is 75.2 Å². The zero-order valence-electron chi connectivity index (χ0n) is 10.1. The number of carboxylic acids is 1. The maximum absolute atomic E-state index is 10.4. The highest BCUT2D eigenvalue weighted by atomic mass is 16.5. The first-order valence-corrected chi connectivity index (χ1v) is 5.60. The third-order valence-corrected chi connectivity index (χ3v) is 2.08. The molecule has 0 aliphatic rings. The zero-order valence-corrected chi connectivity index (χ0v) is 10.1. The van der Waals surface area contributed by atoms with E-state index in [0.717, 1.165) is 0 Å². The summed E-state index contributed by atoms with van der Waals surface area (Å²) in [6.07, 6.45) is 0. The van der Waals surface area contributed by atoms with Crippen LogP contribution in [0.5, 0.6) is 11.5 Å². The third kappa shape index (κ3) is 4.32. The number of carboxylic acid groups (broad SMARTS) is 1. The van der Waals surface area contributed by atoms with Crippen LogP contribution >= 0.6 is 0 Å². The molecule has 94 valence electrons. The molecule has 0 heterocycles. The van der Waals surface area contributed by atoms with Gasteiger partial charge < -0.3 is 24.7 Å². The highest BCUT2D eigenvalue weighted by molar-refractivity contribution is 5.65. The Morgan fingerprint density at radius 2 is 2.00 bits per heavy atom. The van der Waals surface area contributed by atoms with Crippen LogP contribution < -0.4 is 19.9 Å². The molecule has 0 saturated heterocycles. The van der Waals surface area contributed by atoms with E-state index in [1.165, 1.54) is 0 Å². The highest BCUT2D eigenvalue weighted by Gasteiger charge is 2.09. The quantitative estimate of drug-likeness (QED) is 0.646. The second-order valence-electron chi connectivity index (χ2n) is 3.35. The first kappa shape index (κ1) is 13.3. The Labute approximate surface area is 100 Å². The van der Waals surface area contributed by atoms with Gasteiger partial charge in [-0.15, -0.1) is 0 Å². The Balaban J connectivity index is 2.85. The van der Waals surface area contributed by atoms with Gasteiger partial charge in [0.05, 0.1) is 19.2 Å². The van der Waals surface area contributed by atoms with Crippen molar-refractivity contribution in [3.63, 3.8) is 0 Å². The van der Waals surface area contributed by atoms with Gasteiger partial charge in [0, 0.05) is 6.07 Å². The Hall–Kier alpha value is -1.75. The van der Waals surface area contributed by atoms with E-state index in [0.29, 0.717) is 30.4 Å². The maximum Gasteiger partial charge on any atom is 0.180 e. The van der Waals surface area contributed by atoms with Gasteiger partial charge in [-0.25, -0.2) is 0 Å². The molecule has 5 heteroatoms. The molecule has 2 N–H and O–H groups in total. The number of ether oxygens (including phenoxy) is 2. The van der Waals surface area contributed by atoms with E-state index in [4.69, 9.17) is 9.47 Å². The van der Waals surface area contributed by atoms with Gasteiger partial charge in [0.15, 0.2) is 11.4 Å². The van der Waals surface area contributed by atoms with Crippen LogP contribution in [0.15, 0.2) is 18.2 Å². The number of rotatable bonds is 7. The molecule has 1 aromatic carbocycles. The summed E-state index contributed by atoms with van der Waals surface area (Å²) < 4.78 is 10.8. The molecule has 0 fully saturated rings. The maximum atomic E-state index is 10.4. The lowest BCUT2D eigenvalue weighted by atomic mass is 10.2. The predicted molar refractivity (Wildman–Crippen MR) is 60.2 cm³/mol. The lowest BCUT2D eigenvalue weighted by molar-refractivity contribution is -0.569. The molecule has 0 aromatic heterocycles. The zero-order chi connectivity index (χ0) is 12.7. The number of hydrogen-bond donors (Lipinski definition) is 1. The molecule has 0 amide bonds. The molecule has 17 heavy (non-hydrogen) atoms. The Morgan fingerprint density at radius 3 is 2.59 bits per heavy atom. The Kier molecular flexibility index (Phi) is 5.29. The largest absolute Gasteiger partial charge is 0.544 e. The molecule has 0 bridgehead atoms. The minimum Gasteiger partial charge on any atom is -0.544 e. The van der Waals surface area contributed by atoms with Crippen LogP contribution in [0.25, 0.3) is 0 Å². The molecule has 0 saturated carbocycles. The average molecular weight is 239 g/mol. The van der Waals surface area contributed by atoms with Crippen LogP contribution in [0.4, 0.5) is 5.69 Å². The Morgan fingerprint density at radius 1 is 1.29 bits per heavy atom. The third-order valence-electron chi connectivity index (χ3n) is 2.08. The number of quaternary nitrogens is 1. The monoisotopic (exact) mass is 239 g/mol. The van der Waals surface area contributed by atoms with E-state index in [1.807, 2.05) is 13.8 Å². The second-order valence-corrected chi connectivity index (χ2v) is 3.35. The molecular weight excluding hydrogens is 222 g/mol. The number of aliphatic carboxylic acids is 1. The van der Waals surface area contributed by atoms with Gasteiger partial charge in [0.2, 0.25) is 0 Å². The predicted octanol–water partition coefficient (Wildman–Crippen LogP) is -0.571. The molecule has 0 aliphatic carbocycles. The molecule has 0 aliphatic heterocycles. The van der Waals surface area contributed by atoms with Crippen LogP contribution in [0.3, 0.4) is 0 Å². The normalized spacial score (nSPS) is 10.0. The van der Waals surface area contributed by atoms with Gasteiger partial charge in [-0.3, -0.25) is 0 Å². The van der Waals surface area contributed by atoms with Crippen molar-refractivity contribution in [2.75, 3.05) is 19.8 Å². The summed E-state index contributed by atoms with van der Waals surface area (Å²) in [5.41, 5.74) is 0.710. The lowest BCUT2D eigenvalue weighted by Gasteiger charge is -2.10. The van der Waals surface area contributed by atoms with Crippen LogP contribution in [0.1, 0.15) is 13.8 Å². The smallest absolute Gasteiger partial charge is 0.180 e. The molecule has 5 nitrogen and oxygen atoms in total. The lowest BCUT2D eigenvalue weighted by Crippen LogP contribution is -2.81. The summed E-state index contributed by atoms with van der Waals surface area (Å²) in [5.74, 6) is 0.229. The van der Waals surface area contributed by atoms with Crippen LogP contribution in [-0.2, 0) is 4.79 Å². The van der Waals surface area contributed by atoms with Crippen molar-refractivity contribution >= 4 is 11.7 Å². The minimum atomic E-state index is -1.12. The first-order chi connectivity index (χ1) is 8.17. The average Bonchev–Trinajstić information content (AvgIpc) is 2.29. The molecule has 1 rings (SSSR count). The SMILES string of the molecule is CCOc1ccc(OCC)c([NH2+]CC(=O)[O-])c1. The number of nitrogens with two attached hydrogens (primary N) is 1. The van der Waals surface area contributed by atoms with Crippen LogP contribution in [-0.4, -0.2) is 25.7 Å². The standard InChI is InChI=1S/C12H17NO4/c1-3-16-9-5-6-11(17-4-2)10(7-9)13-8-12(14)15/h5-7,13H,3-4,8H2,1-2H3,(H,14,15). The van der Waals surface area contributed by atoms with Gasteiger partial charge >= 0.3 is 0 Å².